The number of halogens is 3. The number of nitrogens with two attached hydrogens (primary N) is 1. The third-order valence-electron chi connectivity index (χ3n) is 2.01. The van der Waals surface area contributed by atoms with Crippen LogP contribution in [0.3, 0.4) is 0 Å². The molecular formula is C10H10F3NO2. The van der Waals surface area contributed by atoms with E-state index in [9.17, 15) is 18.0 Å². The highest BCUT2D eigenvalue weighted by Gasteiger charge is 2.19. The average molecular weight is 233 g/mol. The van der Waals surface area contributed by atoms with Crippen LogP contribution in [0.25, 0.3) is 0 Å². The van der Waals surface area contributed by atoms with E-state index >= 15 is 0 Å². The number of esters is 1. The predicted molar refractivity (Wildman–Crippen MR) is 50.0 cm³/mol. The zero-order valence-electron chi connectivity index (χ0n) is 8.47. The molecule has 0 spiro atoms. The van der Waals surface area contributed by atoms with Gasteiger partial charge >= 0.3 is 5.97 Å². The number of hydrogen-bond donors (Lipinski definition) is 1. The molecule has 88 valence electrons. The molecule has 0 radical (unpaired) electrons. The SMILES string of the molecule is COC(=O)[C@H](N)Cc1cc(F)cc(F)c1F. The van der Waals surface area contributed by atoms with Crippen molar-refractivity contribution >= 4 is 5.97 Å². The second kappa shape index (κ2) is 4.98. The molecule has 0 amide bonds. The summed E-state index contributed by atoms with van der Waals surface area (Å²) < 4.78 is 43.0. The quantitative estimate of drug-likeness (QED) is 0.629. The Labute approximate surface area is 90.0 Å². The Balaban J connectivity index is 2.93. The maximum absolute atomic E-state index is 13.2. The van der Waals surface area contributed by atoms with Gasteiger partial charge in [0.1, 0.15) is 11.9 Å². The highest BCUT2D eigenvalue weighted by atomic mass is 19.2. The Hall–Kier alpha value is -1.56. The minimum Gasteiger partial charge on any atom is -0.468 e. The summed E-state index contributed by atoms with van der Waals surface area (Å²) in [5.41, 5.74) is 5.05. The van der Waals surface area contributed by atoms with Crippen LogP contribution in [-0.2, 0) is 16.0 Å². The lowest BCUT2D eigenvalue weighted by Gasteiger charge is -2.10. The molecule has 0 saturated carbocycles. The van der Waals surface area contributed by atoms with Gasteiger partial charge in [-0.3, -0.25) is 4.79 Å². The van der Waals surface area contributed by atoms with Crippen molar-refractivity contribution in [2.75, 3.05) is 7.11 Å². The fourth-order valence-corrected chi connectivity index (χ4v) is 1.23. The van der Waals surface area contributed by atoms with Crippen molar-refractivity contribution < 1.29 is 22.7 Å². The molecule has 1 atom stereocenters. The van der Waals surface area contributed by atoms with E-state index in [1.54, 1.807) is 0 Å². The maximum atomic E-state index is 13.2. The van der Waals surface area contributed by atoms with Gasteiger partial charge < -0.3 is 10.5 Å². The Morgan fingerprint density at radius 3 is 2.62 bits per heavy atom. The van der Waals surface area contributed by atoms with Crippen LogP contribution in [-0.4, -0.2) is 19.1 Å². The normalized spacial score (nSPS) is 12.3. The third kappa shape index (κ3) is 2.73. The number of benzene rings is 1. The minimum atomic E-state index is -1.31. The molecule has 1 aromatic rings. The number of methoxy groups -OCH3 is 1. The molecule has 0 aliphatic carbocycles. The number of carbonyl (C=O) groups excluding carboxylic acids is 1. The molecule has 0 fully saturated rings. The smallest absolute Gasteiger partial charge is 0.322 e. The molecule has 0 aromatic heterocycles. The lowest BCUT2D eigenvalue weighted by molar-refractivity contribution is -0.142. The average Bonchev–Trinajstić information content (AvgIpc) is 2.23. The van der Waals surface area contributed by atoms with Gasteiger partial charge in [0, 0.05) is 12.5 Å². The lowest BCUT2D eigenvalue weighted by atomic mass is 10.1. The fraction of sp³-hybridized carbons (Fsp3) is 0.300. The van der Waals surface area contributed by atoms with Crippen LogP contribution in [0.5, 0.6) is 0 Å². The number of rotatable bonds is 3. The van der Waals surface area contributed by atoms with Gasteiger partial charge in [0.25, 0.3) is 0 Å². The van der Waals surface area contributed by atoms with Gasteiger partial charge in [-0.15, -0.1) is 0 Å². The van der Waals surface area contributed by atoms with E-state index in [0.717, 1.165) is 13.2 Å². The topological polar surface area (TPSA) is 52.3 Å². The zero-order chi connectivity index (χ0) is 12.3. The van der Waals surface area contributed by atoms with Crippen molar-refractivity contribution in [3.8, 4) is 0 Å². The second-order valence-corrected chi connectivity index (χ2v) is 3.19. The number of carbonyl (C=O) groups is 1. The number of ether oxygens (including phenoxy) is 1. The van der Waals surface area contributed by atoms with Crippen molar-refractivity contribution in [1.29, 1.82) is 0 Å². The molecule has 0 aliphatic heterocycles. The molecule has 0 heterocycles. The van der Waals surface area contributed by atoms with Crippen molar-refractivity contribution in [1.82, 2.24) is 0 Å². The van der Waals surface area contributed by atoms with Crippen LogP contribution >= 0.6 is 0 Å². The van der Waals surface area contributed by atoms with Gasteiger partial charge in [0.2, 0.25) is 0 Å². The van der Waals surface area contributed by atoms with Crippen molar-refractivity contribution in [3.63, 3.8) is 0 Å². The minimum absolute atomic E-state index is 0.296. The van der Waals surface area contributed by atoms with Gasteiger partial charge in [-0.2, -0.15) is 0 Å². The lowest BCUT2D eigenvalue weighted by Crippen LogP contribution is -2.34. The van der Waals surface area contributed by atoms with Crippen molar-refractivity contribution in [2.24, 2.45) is 5.73 Å². The summed E-state index contributed by atoms with van der Waals surface area (Å²) >= 11 is 0. The zero-order valence-corrected chi connectivity index (χ0v) is 8.47. The summed E-state index contributed by atoms with van der Waals surface area (Å²) in [5.74, 6) is -4.22. The molecule has 6 heteroatoms. The Bertz CT molecular complexity index is 409. The second-order valence-electron chi connectivity index (χ2n) is 3.19. The first-order valence-corrected chi connectivity index (χ1v) is 4.42. The van der Waals surface area contributed by atoms with E-state index < -0.39 is 29.5 Å². The van der Waals surface area contributed by atoms with Gasteiger partial charge in [-0.05, 0) is 11.6 Å². The van der Waals surface area contributed by atoms with E-state index in [1.807, 2.05) is 0 Å². The molecule has 3 nitrogen and oxygen atoms in total. The van der Waals surface area contributed by atoms with Crippen LogP contribution in [0.15, 0.2) is 12.1 Å². The standard InChI is InChI=1S/C10H10F3NO2/c1-16-10(15)8(14)3-5-2-6(11)4-7(12)9(5)13/h2,4,8H,3,14H2,1H3/t8-/m1/s1. The van der Waals surface area contributed by atoms with E-state index in [2.05, 4.69) is 4.74 Å². The Morgan fingerprint density at radius 1 is 1.44 bits per heavy atom. The fourth-order valence-electron chi connectivity index (χ4n) is 1.23. The van der Waals surface area contributed by atoms with Gasteiger partial charge in [0.15, 0.2) is 11.6 Å². The van der Waals surface area contributed by atoms with Crippen LogP contribution < -0.4 is 5.73 Å². The molecule has 16 heavy (non-hydrogen) atoms. The van der Waals surface area contributed by atoms with Gasteiger partial charge in [-0.25, -0.2) is 13.2 Å². The molecule has 1 rings (SSSR count). The van der Waals surface area contributed by atoms with Gasteiger partial charge in [0.05, 0.1) is 7.11 Å². The molecule has 2 N–H and O–H groups in total. The Morgan fingerprint density at radius 2 is 2.06 bits per heavy atom. The summed E-state index contributed by atoms with van der Waals surface area (Å²) in [6.45, 7) is 0. The predicted octanol–water partition coefficient (Wildman–Crippen LogP) is 1.15. The molecule has 0 bridgehead atoms. The van der Waals surface area contributed by atoms with E-state index in [4.69, 9.17) is 5.73 Å². The number of hydrogen-bond acceptors (Lipinski definition) is 3. The maximum Gasteiger partial charge on any atom is 0.322 e. The largest absolute Gasteiger partial charge is 0.468 e. The molecule has 0 saturated heterocycles. The van der Waals surface area contributed by atoms with Crippen LogP contribution in [0.4, 0.5) is 13.2 Å². The Kier molecular flexibility index (Phi) is 3.89. The van der Waals surface area contributed by atoms with E-state index in [0.29, 0.717) is 6.07 Å². The van der Waals surface area contributed by atoms with Crippen LogP contribution in [0, 0.1) is 17.5 Å². The molecular weight excluding hydrogens is 223 g/mol. The van der Waals surface area contributed by atoms with Crippen LogP contribution in [0.1, 0.15) is 5.56 Å². The molecule has 0 aliphatic rings. The highest BCUT2D eigenvalue weighted by Crippen LogP contribution is 2.15. The third-order valence-corrected chi connectivity index (χ3v) is 2.01. The molecule has 1 aromatic carbocycles. The summed E-state index contributed by atoms with van der Waals surface area (Å²) in [4.78, 5) is 10.9. The summed E-state index contributed by atoms with van der Waals surface area (Å²) in [6.07, 6.45) is -0.326. The first-order chi connectivity index (χ1) is 7.45. The van der Waals surface area contributed by atoms with Crippen molar-refractivity contribution in [2.45, 2.75) is 12.5 Å². The monoisotopic (exact) mass is 233 g/mol. The van der Waals surface area contributed by atoms with Gasteiger partial charge in [-0.1, -0.05) is 0 Å². The van der Waals surface area contributed by atoms with E-state index in [-0.39, 0.29) is 12.0 Å². The van der Waals surface area contributed by atoms with E-state index in [1.165, 1.54) is 0 Å². The molecule has 0 unspecified atom stereocenters. The summed E-state index contributed by atoms with van der Waals surface area (Å²) in [7, 11) is 1.12. The first kappa shape index (κ1) is 12.5. The van der Waals surface area contributed by atoms with Crippen molar-refractivity contribution in [3.05, 3.63) is 35.1 Å². The summed E-state index contributed by atoms with van der Waals surface area (Å²) in [5, 5.41) is 0. The first-order valence-electron chi connectivity index (χ1n) is 4.42. The highest BCUT2D eigenvalue weighted by molar-refractivity contribution is 5.75. The summed E-state index contributed by atoms with van der Waals surface area (Å²) in [6, 6.07) is 0.0599. The van der Waals surface area contributed by atoms with Crippen LogP contribution in [0.2, 0.25) is 0 Å².